The van der Waals surface area contributed by atoms with Gasteiger partial charge in [-0.05, 0) is 57.0 Å². The number of hydrogen-bond acceptors (Lipinski definition) is 7. The lowest BCUT2D eigenvalue weighted by Gasteiger charge is -2.20. The molecule has 144 valence electrons. The Morgan fingerprint density at radius 1 is 1.14 bits per heavy atom. The molecule has 3 rings (SSSR count). The van der Waals surface area contributed by atoms with Gasteiger partial charge < -0.3 is 16.5 Å². The standard InChI is InChI=1S/C21H25N7/c1-12-9-24-20(25-10-12)16-7-13(2)19-17(8-16)21(27-11-26-19)28-15(4)18(23)6-5-14(3)22/h5-11,15,18,22H,23H2,1-4H3,(H,26,27,28)/b6-5-,22-14?. The van der Waals surface area contributed by atoms with E-state index in [0.29, 0.717) is 17.4 Å². The van der Waals surface area contributed by atoms with Gasteiger partial charge in [-0.25, -0.2) is 19.9 Å². The van der Waals surface area contributed by atoms with Crippen molar-refractivity contribution >= 4 is 22.4 Å². The highest BCUT2D eigenvalue weighted by atomic mass is 15.1. The monoisotopic (exact) mass is 375 g/mol. The van der Waals surface area contributed by atoms with Crippen LogP contribution in [0.2, 0.25) is 0 Å². The van der Waals surface area contributed by atoms with Gasteiger partial charge >= 0.3 is 0 Å². The third-order valence-corrected chi connectivity index (χ3v) is 4.48. The summed E-state index contributed by atoms with van der Waals surface area (Å²) in [5.41, 5.74) is 10.5. The molecule has 0 aliphatic heterocycles. The van der Waals surface area contributed by atoms with Crippen molar-refractivity contribution in [2.75, 3.05) is 5.32 Å². The van der Waals surface area contributed by atoms with Crippen LogP contribution in [0, 0.1) is 19.3 Å². The molecule has 0 fully saturated rings. The van der Waals surface area contributed by atoms with Crippen molar-refractivity contribution < 1.29 is 0 Å². The predicted octanol–water partition coefficient (Wildman–Crippen LogP) is 3.43. The molecule has 0 saturated heterocycles. The lowest BCUT2D eigenvalue weighted by molar-refractivity contribution is 0.689. The van der Waals surface area contributed by atoms with Gasteiger partial charge in [-0.1, -0.05) is 6.08 Å². The molecule has 0 spiro atoms. The summed E-state index contributed by atoms with van der Waals surface area (Å²) in [6.07, 6.45) is 8.69. The van der Waals surface area contributed by atoms with E-state index in [0.717, 1.165) is 27.6 Å². The van der Waals surface area contributed by atoms with E-state index in [1.54, 1.807) is 31.7 Å². The third kappa shape index (κ3) is 4.37. The smallest absolute Gasteiger partial charge is 0.159 e. The van der Waals surface area contributed by atoms with Crippen LogP contribution in [0.3, 0.4) is 0 Å². The molecular formula is C21H25N7. The van der Waals surface area contributed by atoms with Gasteiger partial charge in [0, 0.05) is 41.1 Å². The number of aryl methyl sites for hydroxylation is 2. The summed E-state index contributed by atoms with van der Waals surface area (Å²) < 4.78 is 0. The fraction of sp³-hybridized carbons (Fsp3) is 0.286. The number of rotatable bonds is 6. The summed E-state index contributed by atoms with van der Waals surface area (Å²) in [5, 5.41) is 11.8. The van der Waals surface area contributed by atoms with Crippen LogP contribution in [0.15, 0.2) is 43.0 Å². The molecule has 0 radical (unpaired) electrons. The lowest BCUT2D eigenvalue weighted by Crippen LogP contribution is -2.36. The van der Waals surface area contributed by atoms with Gasteiger partial charge in [-0.15, -0.1) is 0 Å². The van der Waals surface area contributed by atoms with E-state index in [2.05, 4.69) is 25.3 Å². The second-order valence-electron chi connectivity index (χ2n) is 7.05. The first-order valence-corrected chi connectivity index (χ1v) is 9.15. The molecule has 1 aromatic carbocycles. The van der Waals surface area contributed by atoms with Crippen LogP contribution >= 0.6 is 0 Å². The van der Waals surface area contributed by atoms with Gasteiger partial charge in [-0.3, -0.25) is 0 Å². The number of nitrogens with zero attached hydrogens (tertiary/aromatic N) is 4. The van der Waals surface area contributed by atoms with Crippen LogP contribution in [0.5, 0.6) is 0 Å². The van der Waals surface area contributed by atoms with E-state index in [1.165, 1.54) is 0 Å². The van der Waals surface area contributed by atoms with E-state index in [9.17, 15) is 0 Å². The minimum absolute atomic E-state index is 0.0757. The Kier molecular flexibility index (Phi) is 5.75. The zero-order chi connectivity index (χ0) is 20.3. The molecule has 3 aromatic rings. The number of nitrogens with two attached hydrogens (primary N) is 1. The Labute approximate surface area is 164 Å². The Morgan fingerprint density at radius 2 is 1.86 bits per heavy atom. The number of fused-ring (bicyclic) bond motifs is 1. The van der Waals surface area contributed by atoms with Gasteiger partial charge in [-0.2, -0.15) is 0 Å². The topological polar surface area (TPSA) is 113 Å². The third-order valence-electron chi connectivity index (χ3n) is 4.48. The minimum atomic E-state index is -0.255. The zero-order valence-electron chi connectivity index (χ0n) is 16.6. The first kappa shape index (κ1) is 19.6. The number of allylic oxidation sites excluding steroid dienone is 1. The summed E-state index contributed by atoms with van der Waals surface area (Å²) in [6, 6.07) is 3.71. The van der Waals surface area contributed by atoms with Crippen LogP contribution in [0.1, 0.15) is 25.0 Å². The maximum absolute atomic E-state index is 7.50. The molecule has 0 aliphatic carbocycles. The van der Waals surface area contributed by atoms with Gasteiger partial charge in [0.05, 0.1) is 5.52 Å². The Balaban J connectivity index is 1.99. The molecule has 2 heterocycles. The number of hydrogen-bond donors (Lipinski definition) is 3. The number of benzene rings is 1. The Hall–Kier alpha value is -3.19. The molecule has 0 amide bonds. The molecule has 0 aliphatic rings. The molecule has 4 N–H and O–H groups in total. The summed E-state index contributed by atoms with van der Waals surface area (Å²) >= 11 is 0. The van der Waals surface area contributed by atoms with Crippen molar-refractivity contribution in [2.45, 2.75) is 39.8 Å². The quantitative estimate of drug-likeness (QED) is 0.569. The molecule has 2 aromatic heterocycles. The van der Waals surface area contributed by atoms with Crippen molar-refractivity contribution in [3.63, 3.8) is 0 Å². The summed E-state index contributed by atoms with van der Waals surface area (Å²) in [5.74, 6) is 1.38. The number of anilines is 1. The second-order valence-corrected chi connectivity index (χ2v) is 7.05. The van der Waals surface area contributed by atoms with E-state index in [-0.39, 0.29) is 12.1 Å². The Bertz CT molecular complexity index is 1020. The van der Waals surface area contributed by atoms with Gasteiger partial charge in [0.1, 0.15) is 12.1 Å². The summed E-state index contributed by atoms with van der Waals surface area (Å²) in [7, 11) is 0. The molecule has 2 unspecified atom stereocenters. The molecule has 0 bridgehead atoms. The van der Waals surface area contributed by atoms with E-state index in [1.807, 2.05) is 39.0 Å². The van der Waals surface area contributed by atoms with Crippen molar-refractivity contribution in [1.82, 2.24) is 19.9 Å². The normalized spacial score (nSPS) is 13.6. The van der Waals surface area contributed by atoms with Crippen LogP contribution in [0.25, 0.3) is 22.3 Å². The maximum Gasteiger partial charge on any atom is 0.159 e. The fourth-order valence-electron chi connectivity index (χ4n) is 2.87. The average molecular weight is 375 g/mol. The van der Waals surface area contributed by atoms with Gasteiger partial charge in [0.15, 0.2) is 5.82 Å². The minimum Gasteiger partial charge on any atom is -0.365 e. The fourth-order valence-corrected chi connectivity index (χ4v) is 2.87. The van der Waals surface area contributed by atoms with Gasteiger partial charge in [0.25, 0.3) is 0 Å². The predicted molar refractivity (Wildman–Crippen MR) is 114 cm³/mol. The first-order chi connectivity index (χ1) is 13.3. The maximum atomic E-state index is 7.50. The van der Waals surface area contributed by atoms with Crippen molar-refractivity contribution in [3.8, 4) is 11.4 Å². The highest BCUT2D eigenvalue weighted by Crippen LogP contribution is 2.28. The number of nitrogens with one attached hydrogen (secondary N) is 2. The van der Waals surface area contributed by atoms with Crippen LogP contribution in [0.4, 0.5) is 5.82 Å². The lowest BCUT2D eigenvalue weighted by atomic mass is 10.0. The molecule has 0 saturated carbocycles. The van der Waals surface area contributed by atoms with Crippen molar-refractivity contribution in [2.24, 2.45) is 5.73 Å². The highest BCUT2D eigenvalue weighted by molar-refractivity contribution is 5.94. The highest BCUT2D eigenvalue weighted by Gasteiger charge is 2.15. The Morgan fingerprint density at radius 3 is 2.54 bits per heavy atom. The first-order valence-electron chi connectivity index (χ1n) is 9.15. The van der Waals surface area contributed by atoms with Crippen molar-refractivity contribution in [3.05, 3.63) is 54.1 Å². The second kappa shape index (κ2) is 8.22. The van der Waals surface area contributed by atoms with E-state index in [4.69, 9.17) is 11.1 Å². The average Bonchev–Trinajstić information content (AvgIpc) is 2.67. The van der Waals surface area contributed by atoms with E-state index < -0.39 is 0 Å². The van der Waals surface area contributed by atoms with Crippen molar-refractivity contribution in [1.29, 1.82) is 5.41 Å². The SMILES string of the molecule is CC(=N)/C=C\C(N)C(C)Nc1ncnc2c(C)cc(-c3ncc(C)cn3)cc12. The van der Waals surface area contributed by atoms with Gasteiger partial charge in [0.2, 0.25) is 0 Å². The molecule has 7 heteroatoms. The molecular weight excluding hydrogens is 350 g/mol. The molecule has 7 nitrogen and oxygen atoms in total. The largest absolute Gasteiger partial charge is 0.365 e. The van der Waals surface area contributed by atoms with Crippen LogP contribution < -0.4 is 11.1 Å². The van der Waals surface area contributed by atoms with Crippen LogP contribution in [-0.4, -0.2) is 37.7 Å². The molecule has 2 atom stereocenters. The van der Waals surface area contributed by atoms with E-state index >= 15 is 0 Å². The molecule has 28 heavy (non-hydrogen) atoms. The number of aromatic nitrogens is 4. The summed E-state index contributed by atoms with van der Waals surface area (Å²) in [4.78, 5) is 17.7. The zero-order valence-corrected chi connectivity index (χ0v) is 16.6. The summed E-state index contributed by atoms with van der Waals surface area (Å²) in [6.45, 7) is 7.69. The van der Waals surface area contributed by atoms with Crippen LogP contribution in [-0.2, 0) is 0 Å².